The predicted molar refractivity (Wildman–Crippen MR) is 83.5 cm³/mol. The second kappa shape index (κ2) is 8.22. The van der Waals surface area contributed by atoms with Crippen molar-refractivity contribution in [1.29, 1.82) is 0 Å². The van der Waals surface area contributed by atoms with Gasteiger partial charge in [-0.15, -0.1) is 11.8 Å². The smallest absolute Gasteiger partial charge is 0.316 e. The van der Waals surface area contributed by atoms with Crippen molar-refractivity contribution in [1.82, 2.24) is 10.5 Å². The van der Waals surface area contributed by atoms with E-state index in [2.05, 4.69) is 10.5 Å². The molecule has 0 aliphatic heterocycles. The van der Waals surface area contributed by atoms with Crippen molar-refractivity contribution < 1.29 is 18.8 Å². The first-order valence-corrected chi connectivity index (χ1v) is 8.66. The van der Waals surface area contributed by atoms with Gasteiger partial charge in [0.15, 0.2) is 6.61 Å². The van der Waals surface area contributed by atoms with E-state index in [1.54, 1.807) is 0 Å². The van der Waals surface area contributed by atoms with Gasteiger partial charge in [0.25, 0.3) is 5.91 Å². The first kappa shape index (κ1) is 16.9. The lowest BCUT2D eigenvalue weighted by molar-refractivity contribution is -0.146. The number of nitrogens with one attached hydrogen (secondary N) is 1. The number of carbonyl (C=O) groups is 2. The average Bonchev–Trinajstić information content (AvgIpc) is 3.09. The molecular weight excluding hydrogens is 304 g/mol. The quantitative estimate of drug-likeness (QED) is 0.773. The van der Waals surface area contributed by atoms with E-state index in [0.717, 1.165) is 42.7 Å². The van der Waals surface area contributed by atoms with Crippen LogP contribution in [0, 0.1) is 13.8 Å². The monoisotopic (exact) mass is 326 g/mol. The summed E-state index contributed by atoms with van der Waals surface area (Å²) < 4.78 is 10.0. The van der Waals surface area contributed by atoms with E-state index < -0.39 is 0 Å². The fourth-order valence-corrected chi connectivity index (χ4v) is 3.44. The lowest BCUT2D eigenvalue weighted by Gasteiger charge is -2.11. The van der Waals surface area contributed by atoms with Crippen LogP contribution in [0.3, 0.4) is 0 Å². The zero-order chi connectivity index (χ0) is 15.9. The van der Waals surface area contributed by atoms with Gasteiger partial charge >= 0.3 is 5.97 Å². The molecule has 1 aliphatic carbocycles. The zero-order valence-electron chi connectivity index (χ0n) is 13.0. The van der Waals surface area contributed by atoms with Crippen molar-refractivity contribution in [3.05, 3.63) is 17.0 Å². The first-order valence-electron chi connectivity index (χ1n) is 7.50. The highest BCUT2D eigenvalue weighted by Gasteiger charge is 2.18. The van der Waals surface area contributed by atoms with Gasteiger partial charge in [0.1, 0.15) is 5.76 Å². The Labute approximate surface area is 134 Å². The topological polar surface area (TPSA) is 81.4 Å². The second-order valence-corrected chi connectivity index (χ2v) is 6.49. The number of carbonyl (C=O) groups excluding carboxylic acids is 2. The third-order valence-electron chi connectivity index (χ3n) is 3.73. The number of ether oxygens (including phenoxy) is 1. The van der Waals surface area contributed by atoms with E-state index >= 15 is 0 Å². The van der Waals surface area contributed by atoms with Gasteiger partial charge in [0, 0.05) is 17.4 Å². The molecule has 1 N–H and O–H groups in total. The van der Waals surface area contributed by atoms with Crippen LogP contribution in [0.15, 0.2) is 4.52 Å². The van der Waals surface area contributed by atoms with Crippen molar-refractivity contribution in [3.63, 3.8) is 0 Å². The number of hydrogen-bond donors (Lipinski definition) is 1. The summed E-state index contributed by atoms with van der Waals surface area (Å²) in [6, 6.07) is 0.250. The van der Waals surface area contributed by atoms with Crippen LogP contribution in [0.5, 0.6) is 0 Å². The van der Waals surface area contributed by atoms with Crippen LogP contribution >= 0.6 is 11.8 Å². The van der Waals surface area contributed by atoms with E-state index in [9.17, 15) is 9.59 Å². The molecule has 0 bridgehead atoms. The summed E-state index contributed by atoms with van der Waals surface area (Å²) in [6.45, 7) is 3.53. The molecule has 0 aromatic carbocycles. The summed E-state index contributed by atoms with van der Waals surface area (Å²) in [5, 5.41) is 6.75. The third-order valence-corrected chi connectivity index (χ3v) is 4.66. The SMILES string of the molecule is Cc1noc(C)c1CSCC(=O)OCC(=O)NC1CCCC1. The first-order chi connectivity index (χ1) is 10.6. The largest absolute Gasteiger partial charge is 0.455 e. The lowest BCUT2D eigenvalue weighted by Crippen LogP contribution is -2.36. The molecule has 6 nitrogen and oxygen atoms in total. The maximum Gasteiger partial charge on any atom is 0.316 e. The van der Waals surface area contributed by atoms with Crippen molar-refractivity contribution in [2.45, 2.75) is 51.3 Å². The Kier molecular flexibility index (Phi) is 6.30. The molecule has 1 aliphatic rings. The van der Waals surface area contributed by atoms with Gasteiger partial charge in [-0.1, -0.05) is 18.0 Å². The summed E-state index contributed by atoms with van der Waals surface area (Å²) in [5.74, 6) is 1.04. The molecule has 0 saturated heterocycles. The fourth-order valence-electron chi connectivity index (χ4n) is 2.47. The molecule has 1 aromatic rings. The van der Waals surface area contributed by atoms with E-state index in [1.165, 1.54) is 11.8 Å². The molecule has 122 valence electrons. The number of amides is 1. The average molecular weight is 326 g/mol. The van der Waals surface area contributed by atoms with Gasteiger partial charge in [0.2, 0.25) is 0 Å². The van der Waals surface area contributed by atoms with Gasteiger partial charge < -0.3 is 14.6 Å². The van der Waals surface area contributed by atoms with Crippen LogP contribution in [0.25, 0.3) is 0 Å². The van der Waals surface area contributed by atoms with Crippen LogP contribution in [0.4, 0.5) is 0 Å². The highest BCUT2D eigenvalue weighted by atomic mass is 32.2. The van der Waals surface area contributed by atoms with E-state index in [-0.39, 0.29) is 30.3 Å². The summed E-state index contributed by atoms with van der Waals surface area (Å²) in [6.07, 6.45) is 4.35. The number of aryl methyl sites for hydroxylation is 2. The van der Waals surface area contributed by atoms with Gasteiger partial charge in [-0.2, -0.15) is 0 Å². The van der Waals surface area contributed by atoms with Crippen molar-refractivity contribution in [2.24, 2.45) is 0 Å². The summed E-state index contributed by atoms with van der Waals surface area (Å²) in [4.78, 5) is 23.3. The van der Waals surface area contributed by atoms with Crippen molar-refractivity contribution >= 4 is 23.6 Å². The second-order valence-electron chi connectivity index (χ2n) is 5.51. The van der Waals surface area contributed by atoms with Crippen molar-refractivity contribution in [2.75, 3.05) is 12.4 Å². The summed E-state index contributed by atoms with van der Waals surface area (Å²) in [7, 11) is 0. The number of rotatable bonds is 7. The molecule has 1 saturated carbocycles. The number of nitrogens with zero attached hydrogens (tertiary/aromatic N) is 1. The molecule has 2 rings (SSSR count). The Hall–Kier alpha value is -1.50. The van der Waals surface area contributed by atoms with Gasteiger partial charge in [-0.25, -0.2) is 0 Å². The Morgan fingerprint density at radius 3 is 2.73 bits per heavy atom. The molecule has 0 unspecified atom stereocenters. The Morgan fingerprint density at radius 2 is 2.09 bits per heavy atom. The number of aromatic nitrogens is 1. The number of esters is 1. The fraction of sp³-hybridized carbons (Fsp3) is 0.667. The summed E-state index contributed by atoms with van der Waals surface area (Å²) in [5.41, 5.74) is 1.85. The highest BCUT2D eigenvalue weighted by Crippen LogP contribution is 2.19. The van der Waals surface area contributed by atoms with Crippen LogP contribution in [-0.4, -0.2) is 35.4 Å². The minimum absolute atomic E-state index is 0.193. The predicted octanol–water partition coefficient (Wildman–Crippen LogP) is 2.13. The number of thioether (sulfide) groups is 1. The molecule has 0 radical (unpaired) electrons. The van der Waals surface area contributed by atoms with Gasteiger partial charge in [0.05, 0.1) is 11.4 Å². The van der Waals surface area contributed by atoms with Gasteiger partial charge in [-0.05, 0) is 26.7 Å². The lowest BCUT2D eigenvalue weighted by atomic mass is 10.2. The molecule has 1 heterocycles. The van der Waals surface area contributed by atoms with Crippen molar-refractivity contribution in [3.8, 4) is 0 Å². The zero-order valence-corrected chi connectivity index (χ0v) is 13.8. The third kappa shape index (κ3) is 5.05. The maximum absolute atomic E-state index is 11.6. The summed E-state index contributed by atoms with van der Waals surface area (Å²) >= 11 is 1.43. The molecule has 22 heavy (non-hydrogen) atoms. The normalized spacial score (nSPS) is 15.0. The molecule has 0 spiro atoms. The van der Waals surface area contributed by atoms with Crippen LogP contribution in [0.2, 0.25) is 0 Å². The van der Waals surface area contributed by atoms with E-state index in [1.807, 2.05) is 13.8 Å². The molecule has 1 amide bonds. The minimum Gasteiger partial charge on any atom is -0.455 e. The van der Waals surface area contributed by atoms with Gasteiger partial charge in [-0.3, -0.25) is 9.59 Å². The molecule has 7 heteroatoms. The van der Waals surface area contributed by atoms with E-state index in [0.29, 0.717) is 5.75 Å². The van der Waals surface area contributed by atoms with Crippen LogP contribution in [0.1, 0.15) is 42.7 Å². The standard InChI is InChI=1S/C15H22N2O4S/c1-10-13(11(2)21-17-10)8-22-9-15(19)20-7-14(18)16-12-5-3-4-6-12/h12H,3-9H2,1-2H3,(H,16,18). The minimum atomic E-state index is -0.377. The molecule has 1 aromatic heterocycles. The van der Waals surface area contributed by atoms with Crippen LogP contribution in [-0.2, 0) is 20.1 Å². The van der Waals surface area contributed by atoms with E-state index in [4.69, 9.17) is 9.26 Å². The molecule has 0 atom stereocenters. The Balaban J connectivity index is 1.60. The Morgan fingerprint density at radius 1 is 1.36 bits per heavy atom. The Bertz CT molecular complexity index is 504. The number of hydrogen-bond acceptors (Lipinski definition) is 6. The molecular formula is C15H22N2O4S. The molecule has 1 fully saturated rings. The van der Waals surface area contributed by atoms with Crippen LogP contribution < -0.4 is 5.32 Å². The maximum atomic E-state index is 11.6. The highest BCUT2D eigenvalue weighted by molar-refractivity contribution is 7.99.